The first-order valence-corrected chi connectivity index (χ1v) is 11.8. The van der Waals surface area contributed by atoms with Gasteiger partial charge in [-0.05, 0) is 68.1 Å². The van der Waals surface area contributed by atoms with Crippen LogP contribution in [0.5, 0.6) is 11.5 Å². The van der Waals surface area contributed by atoms with Crippen LogP contribution in [0.4, 0.5) is 5.00 Å². The number of furan rings is 1. The lowest BCUT2D eigenvalue weighted by Gasteiger charge is -2.24. The fraction of sp³-hybridized carbons (Fsp3) is 0.360. The number of nitrogens with one attached hydrogen (secondary N) is 2. The largest absolute Gasteiger partial charge is 0.490 e. The van der Waals surface area contributed by atoms with Crippen LogP contribution in [0.25, 0.3) is 0 Å². The van der Waals surface area contributed by atoms with Crippen molar-refractivity contribution < 1.29 is 23.5 Å². The highest BCUT2D eigenvalue weighted by Crippen LogP contribution is 2.34. The Balaban J connectivity index is 1.79. The summed E-state index contributed by atoms with van der Waals surface area (Å²) in [4.78, 5) is 26.0. The molecule has 0 unspecified atom stereocenters. The SMILES string of the molecule is CCOc1ccc([C@H](NC(=O)c2sc(NC(=O)c3ccco3)cc2C)C(C)C)cc1OCC. The standard InChI is InChI=1S/C25H30N2O5S/c1-6-30-18-11-10-17(14-20(18)31-7-2)22(15(3)4)27-25(29)23-16(5)13-21(33-23)26-24(28)19-9-8-12-32-19/h8-15,22H,6-7H2,1-5H3,(H,26,28)(H,27,29)/t22-/m1/s1. The van der Waals surface area contributed by atoms with E-state index < -0.39 is 0 Å². The molecule has 2 amide bonds. The predicted molar refractivity (Wildman–Crippen MR) is 130 cm³/mol. The average Bonchev–Trinajstić information content (AvgIpc) is 3.43. The minimum atomic E-state index is -0.355. The second-order valence-electron chi connectivity index (χ2n) is 7.82. The number of anilines is 1. The molecule has 0 aliphatic carbocycles. The van der Waals surface area contributed by atoms with E-state index in [4.69, 9.17) is 13.9 Å². The van der Waals surface area contributed by atoms with E-state index in [2.05, 4.69) is 24.5 Å². The molecule has 7 nitrogen and oxygen atoms in total. The van der Waals surface area contributed by atoms with Gasteiger partial charge >= 0.3 is 0 Å². The lowest BCUT2D eigenvalue weighted by atomic mass is 9.95. The molecule has 3 aromatic rings. The first kappa shape index (κ1) is 24.4. The number of aryl methyl sites for hydroxylation is 1. The zero-order chi connectivity index (χ0) is 24.0. The van der Waals surface area contributed by atoms with E-state index in [9.17, 15) is 9.59 Å². The Labute approximate surface area is 198 Å². The Morgan fingerprint density at radius 2 is 1.76 bits per heavy atom. The third-order valence-electron chi connectivity index (χ3n) is 4.99. The number of ether oxygens (including phenoxy) is 2. The summed E-state index contributed by atoms with van der Waals surface area (Å²) >= 11 is 1.23. The van der Waals surface area contributed by atoms with Gasteiger partial charge < -0.3 is 24.5 Å². The molecule has 0 aliphatic heterocycles. The van der Waals surface area contributed by atoms with E-state index in [-0.39, 0.29) is 29.5 Å². The van der Waals surface area contributed by atoms with Crippen molar-refractivity contribution in [2.75, 3.05) is 18.5 Å². The molecular formula is C25H30N2O5S. The van der Waals surface area contributed by atoms with Crippen LogP contribution >= 0.6 is 11.3 Å². The Morgan fingerprint density at radius 3 is 2.39 bits per heavy atom. The van der Waals surface area contributed by atoms with Gasteiger partial charge in [-0.2, -0.15) is 0 Å². The van der Waals surface area contributed by atoms with Crippen molar-refractivity contribution in [2.24, 2.45) is 5.92 Å². The molecule has 0 spiro atoms. The highest BCUT2D eigenvalue weighted by Gasteiger charge is 2.23. The highest BCUT2D eigenvalue weighted by molar-refractivity contribution is 7.18. The number of hydrogen-bond donors (Lipinski definition) is 2. The first-order valence-electron chi connectivity index (χ1n) is 11.0. The van der Waals surface area contributed by atoms with Crippen LogP contribution in [0.3, 0.4) is 0 Å². The number of thiophene rings is 1. The molecule has 1 aromatic carbocycles. The summed E-state index contributed by atoms with van der Waals surface area (Å²) in [6, 6.07) is 10.6. The van der Waals surface area contributed by atoms with E-state index in [1.807, 2.05) is 39.0 Å². The maximum atomic E-state index is 13.2. The zero-order valence-electron chi connectivity index (χ0n) is 19.6. The van der Waals surface area contributed by atoms with Crippen LogP contribution in [0.1, 0.15) is 65.1 Å². The van der Waals surface area contributed by atoms with E-state index in [1.165, 1.54) is 17.6 Å². The summed E-state index contributed by atoms with van der Waals surface area (Å²) in [6.07, 6.45) is 1.44. The second kappa shape index (κ2) is 11.0. The lowest BCUT2D eigenvalue weighted by molar-refractivity contribution is 0.0928. The molecule has 176 valence electrons. The highest BCUT2D eigenvalue weighted by atomic mass is 32.1. The maximum absolute atomic E-state index is 13.2. The fourth-order valence-corrected chi connectivity index (χ4v) is 4.42. The number of carbonyl (C=O) groups is 2. The van der Waals surface area contributed by atoms with Gasteiger partial charge in [-0.3, -0.25) is 9.59 Å². The number of carbonyl (C=O) groups excluding carboxylic acids is 2. The molecule has 1 atom stereocenters. The number of rotatable bonds is 10. The van der Waals surface area contributed by atoms with Crippen molar-refractivity contribution in [3.05, 3.63) is 64.4 Å². The van der Waals surface area contributed by atoms with Crippen molar-refractivity contribution in [3.8, 4) is 11.5 Å². The van der Waals surface area contributed by atoms with Gasteiger partial charge in [-0.1, -0.05) is 19.9 Å². The Kier molecular flexibility index (Phi) is 8.16. The van der Waals surface area contributed by atoms with Gasteiger partial charge in [0.05, 0.1) is 35.4 Å². The van der Waals surface area contributed by atoms with Crippen molar-refractivity contribution >= 4 is 28.2 Å². The summed E-state index contributed by atoms with van der Waals surface area (Å²) in [6.45, 7) is 10.9. The van der Waals surface area contributed by atoms with E-state index in [0.717, 1.165) is 11.1 Å². The predicted octanol–water partition coefficient (Wildman–Crippen LogP) is 5.83. The van der Waals surface area contributed by atoms with Crippen LogP contribution in [-0.2, 0) is 0 Å². The third-order valence-corrected chi connectivity index (χ3v) is 6.14. The quantitative estimate of drug-likeness (QED) is 0.389. The van der Waals surface area contributed by atoms with Gasteiger partial charge in [0, 0.05) is 0 Å². The van der Waals surface area contributed by atoms with E-state index >= 15 is 0 Å². The summed E-state index contributed by atoms with van der Waals surface area (Å²) < 4.78 is 16.5. The van der Waals surface area contributed by atoms with Crippen molar-refractivity contribution in [3.63, 3.8) is 0 Å². The molecule has 2 heterocycles. The molecule has 0 radical (unpaired) electrons. The summed E-state index contributed by atoms with van der Waals surface area (Å²) in [5, 5.41) is 6.52. The van der Waals surface area contributed by atoms with Gasteiger partial charge in [-0.15, -0.1) is 11.3 Å². The van der Waals surface area contributed by atoms with Gasteiger partial charge in [-0.25, -0.2) is 0 Å². The lowest BCUT2D eigenvalue weighted by Crippen LogP contribution is -2.31. The molecule has 0 bridgehead atoms. The molecule has 0 aliphatic rings. The Bertz CT molecular complexity index is 1090. The van der Waals surface area contributed by atoms with Crippen LogP contribution in [-0.4, -0.2) is 25.0 Å². The second-order valence-corrected chi connectivity index (χ2v) is 8.87. The van der Waals surface area contributed by atoms with Crippen LogP contribution in [0.15, 0.2) is 47.1 Å². The molecule has 8 heteroatoms. The maximum Gasteiger partial charge on any atom is 0.291 e. The van der Waals surface area contributed by atoms with Gasteiger partial charge in [0.15, 0.2) is 17.3 Å². The van der Waals surface area contributed by atoms with Gasteiger partial charge in [0.25, 0.3) is 11.8 Å². The molecule has 2 aromatic heterocycles. The Morgan fingerprint density at radius 1 is 1.03 bits per heavy atom. The van der Waals surface area contributed by atoms with Crippen molar-refractivity contribution in [2.45, 2.75) is 40.7 Å². The van der Waals surface area contributed by atoms with E-state index in [1.54, 1.807) is 18.2 Å². The minimum Gasteiger partial charge on any atom is -0.490 e. The summed E-state index contributed by atoms with van der Waals surface area (Å²) in [5.41, 5.74) is 1.72. The molecule has 33 heavy (non-hydrogen) atoms. The first-order chi connectivity index (χ1) is 15.8. The molecule has 2 N–H and O–H groups in total. The topological polar surface area (TPSA) is 89.8 Å². The van der Waals surface area contributed by atoms with Crippen molar-refractivity contribution in [1.29, 1.82) is 0 Å². The molecule has 0 saturated carbocycles. The fourth-order valence-electron chi connectivity index (χ4n) is 3.45. The van der Waals surface area contributed by atoms with E-state index in [0.29, 0.717) is 34.6 Å². The van der Waals surface area contributed by atoms with Crippen LogP contribution in [0.2, 0.25) is 0 Å². The average molecular weight is 471 g/mol. The smallest absolute Gasteiger partial charge is 0.291 e. The van der Waals surface area contributed by atoms with Crippen LogP contribution in [0, 0.1) is 12.8 Å². The third kappa shape index (κ3) is 5.96. The molecular weight excluding hydrogens is 440 g/mol. The summed E-state index contributed by atoms with van der Waals surface area (Å²) in [7, 11) is 0. The number of hydrogen-bond acceptors (Lipinski definition) is 6. The Hall–Kier alpha value is -3.26. The summed E-state index contributed by atoms with van der Waals surface area (Å²) in [5.74, 6) is 1.15. The molecule has 0 fully saturated rings. The van der Waals surface area contributed by atoms with Gasteiger partial charge in [0.2, 0.25) is 0 Å². The van der Waals surface area contributed by atoms with Crippen LogP contribution < -0.4 is 20.1 Å². The normalized spacial score (nSPS) is 11.8. The number of benzene rings is 1. The number of amides is 2. The monoisotopic (exact) mass is 470 g/mol. The van der Waals surface area contributed by atoms with Gasteiger partial charge in [0.1, 0.15) is 0 Å². The zero-order valence-corrected chi connectivity index (χ0v) is 20.4. The van der Waals surface area contributed by atoms with Crippen molar-refractivity contribution in [1.82, 2.24) is 5.32 Å². The molecule has 3 rings (SSSR count). The molecule has 0 saturated heterocycles. The minimum absolute atomic E-state index is 0.139.